The van der Waals surface area contributed by atoms with Gasteiger partial charge in [-0.05, 0) is 47.5 Å². The van der Waals surface area contributed by atoms with E-state index < -0.39 is 17.2 Å². The molecule has 0 saturated heterocycles. The zero-order valence-electron chi connectivity index (χ0n) is 25.5. The molecule has 4 aromatic carbocycles. The number of halogens is 1. The third-order valence-electron chi connectivity index (χ3n) is 7.22. The number of hydrogen-bond donors (Lipinski definition) is 1. The number of esters is 1. The van der Waals surface area contributed by atoms with E-state index in [-0.39, 0.29) is 12.4 Å². The Hall–Kier alpha value is -4.62. The van der Waals surface area contributed by atoms with E-state index in [9.17, 15) is 14.3 Å². The van der Waals surface area contributed by atoms with Crippen molar-refractivity contribution in [1.29, 1.82) is 0 Å². The van der Waals surface area contributed by atoms with Crippen LogP contribution >= 0.6 is 0 Å². The number of rotatable bonds is 9. The first-order chi connectivity index (χ1) is 20.8. The summed E-state index contributed by atoms with van der Waals surface area (Å²) in [5.74, 6) is -0.139. The van der Waals surface area contributed by atoms with E-state index in [1.807, 2.05) is 92.9 Å². The van der Waals surface area contributed by atoms with Crippen molar-refractivity contribution < 1.29 is 28.5 Å². The number of carbonyl (C=O) groups is 1. The lowest BCUT2D eigenvalue weighted by Crippen LogP contribution is -2.26. The lowest BCUT2D eigenvalue weighted by atomic mass is 9.84. The Labute approximate surface area is 252 Å². The third kappa shape index (κ3) is 6.27. The molecule has 0 amide bonds. The summed E-state index contributed by atoms with van der Waals surface area (Å²) in [4.78, 5) is 12.2. The van der Waals surface area contributed by atoms with Gasteiger partial charge >= 0.3 is 5.97 Å². The normalized spacial score (nSPS) is 11.1. The van der Waals surface area contributed by atoms with Crippen LogP contribution in [0.5, 0.6) is 11.5 Å². The van der Waals surface area contributed by atoms with Gasteiger partial charge in [-0.25, -0.2) is 9.18 Å². The highest BCUT2D eigenvalue weighted by atomic mass is 19.1. The van der Waals surface area contributed by atoms with E-state index in [4.69, 9.17) is 14.2 Å². The van der Waals surface area contributed by atoms with Gasteiger partial charge in [-0.3, -0.25) is 0 Å². The molecule has 0 aliphatic carbocycles. The number of fused-ring (bicyclic) bond motifs is 1. The summed E-state index contributed by atoms with van der Waals surface area (Å²) in [5.41, 5.74) is 4.64. The Morgan fingerprint density at radius 1 is 0.884 bits per heavy atom. The highest BCUT2D eigenvalue weighted by molar-refractivity contribution is 6.04. The average molecular weight is 584 g/mol. The van der Waals surface area contributed by atoms with Gasteiger partial charge in [-0.2, -0.15) is 0 Å². The maximum absolute atomic E-state index is 14.5. The smallest absolute Gasteiger partial charge is 0.337 e. The number of carbonyl (C=O) groups excluding carboxylic acids is 1. The topological polar surface area (TPSA) is 69.9 Å². The predicted molar refractivity (Wildman–Crippen MR) is 169 cm³/mol. The van der Waals surface area contributed by atoms with Gasteiger partial charge in [0.05, 0.1) is 37.3 Å². The van der Waals surface area contributed by atoms with Crippen molar-refractivity contribution in [1.82, 2.24) is 4.57 Å². The Bertz CT molecular complexity index is 1690. The number of aromatic nitrogens is 1. The number of hydrogen-bond acceptors (Lipinski definition) is 5. The summed E-state index contributed by atoms with van der Waals surface area (Å²) in [5, 5.41) is 11.5. The Kier molecular flexibility index (Phi) is 9.88. The first-order valence-electron chi connectivity index (χ1n) is 14.3. The van der Waals surface area contributed by atoms with Crippen LogP contribution in [0.4, 0.5) is 4.39 Å². The van der Waals surface area contributed by atoms with E-state index in [1.54, 1.807) is 24.3 Å². The summed E-state index contributed by atoms with van der Waals surface area (Å²) in [6.07, 6.45) is 0. The van der Waals surface area contributed by atoms with Crippen LogP contribution in [0.1, 0.15) is 49.3 Å². The molecule has 0 atom stereocenters. The zero-order valence-corrected chi connectivity index (χ0v) is 25.5. The maximum atomic E-state index is 14.5. The molecule has 0 fully saturated rings. The number of ether oxygens (including phenoxy) is 3. The molecule has 6 nitrogen and oxygen atoms in total. The fourth-order valence-corrected chi connectivity index (χ4v) is 5.11. The van der Waals surface area contributed by atoms with Crippen molar-refractivity contribution in [3.8, 4) is 28.3 Å². The minimum Gasteiger partial charge on any atom is -0.494 e. The largest absolute Gasteiger partial charge is 0.494 e. The summed E-state index contributed by atoms with van der Waals surface area (Å²) in [6.45, 7) is 8.11. The van der Waals surface area contributed by atoms with Gasteiger partial charge in [0.15, 0.2) is 11.6 Å². The van der Waals surface area contributed by atoms with Crippen LogP contribution in [0, 0.1) is 5.82 Å². The molecule has 0 saturated carbocycles. The van der Waals surface area contributed by atoms with Crippen LogP contribution in [0.3, 0.4) is 0 Å². The molecular weight excluding hydrogens is 545 g/mol. The SMILES string of the molecule is CC.COC(=O)c1ccc(-c2c(C(C)(C)CO)n(-c3ccc(F)c(OC)c3)c3cccc(OCc4ccccc4)c23)cc1. The lowest BCUT2D eigenvalue weighted by molar-refractivity contribution is 0.0600. The standard InChI is InChI=1S/C34H32FNO5.C2H6/c1-34(2,21-37)32-30(23-13-15-24(16-14-23)33(38)40-4)31-27(36(32)25-17-18-26(35)29(19-25)39-3)11-8-12-28(31)41-20-22-9-6-5-7-10-22;1-2/h5-19,37H,20-21H2,1-4H3;1-2H3. The van der Waals surface area contributed by atoms with Gasteiger partial charge in [-0.15, -0.1) is 0 Å². The van der Waals surface area contributed by atoms with Crippen LogP contribution in [-0.2, 0) is 16.8 Å². The molecule has 0 bridgehead atoms. The second-order valence-corrected chi connectivity index (χ2v) is 10.4. The molecule has 0 spiro atoms. The van der Waals surface area contributed by atoms with Crippen molar-refractivity contribution in [2.45, 2.75) is 39.7 Å². The molecule has 1 aromatic heterocycles. The van der Waals surface area contributed by atoms with Gasteiger partial charge in [0.25, 0.3) is 0 Å². The first kappa shape index (κ1) is 31.3. The van der Waals surface area contributed by atoms with Crippen LogP contribution in [0.2, 0.25) is 0 Å². The maximum Gasteiger partial charge on any atom is 0.337 e. The van der Waals surface area contributed by atoms with Crippen LogP contribution in [0.25, 0.3) is 27.7 Å². The molecule has 0 aliphatic heterocycles. The summed E-state index contributed by atoms with van der Waals surface area (Å²) in [6, 6.07) is 27.6. The Balaban J connectivity index is 0.00000207. The molecule has 7 heteroatoms. The van der Waals surface area contributed by atoms with Crippen LogP contribution in [0.15, 0.2) is 91.0 Å². The molecule has 0 unspecified atom stereocenters. The van der Waals surface area contributed by atoms with Gasteiger partial charge in [0.1, 0.15) is 12.4 Å². The van der Waals surface area contributed by atoms with E-state index in [2.05, 4.69) is 0 Å². The fraction of sp³-hybridized carbons (Fsp3) is 0.250. The highest BCUT2D eigenvalue weighted by Gasteiger charge is 2.33. The predicted octanol–water partition coefficient (Wildman–Crippen LogP) is 8.11. The van der Waals surface area contributed by atoms with E-state index in [0.29, 0.717) is 23.6 Å². The van der Waals surface area contributed by atoms with Crippen molar-refractivity contribution in [2.24, 2.45) is 0 Å². The van der Waals surface area contributed by atoms with Gasteiger partial charge < -0.3 is 23.9 Å². The molecule has 43 heavy (non-hydrogen) atoms. The average Bonchev–Trinajstić information content (AvgIpc) is 3.42. The minimum atomic E-state index is -0.742. The molecule has 0 aliphatic rings. The van der Waals surface area contributed by atoms with Gasteiger partial charge in [0.2, 0.25) is 0 Å². The molecule has 5 aromatic rings. The van der Waals surface area contributed by atoms with Crippen molar-refractivity contribution in [2.75, 3.05) is 20.8 Å². The Morgan fingerprint density at radius 3 is 2.21 bits per heavy atom. The molecule has 1 heterocycles. The molecule has 1 N–H and O–H groups in total. The Morgan fingerprint density at radius 2 is 1.58 bits per heavy atom. The van der Waals surface area contributed by atoms with Crippen molar-refractivity contribution >= 4 is 16.9 Å². The van der Waals surface area contributed by atoms with Crippen LogP contribution < -0.4 is 9.47 Å². The molecular formula is C36H38FNO5. The second-order valence-electron chi connectivity index (χ2n) is 10.4. The number of aliphatic hydroxyl groups is 1. The van der Waals surface area contributed by atoms with Crippen LogP contribution in [-0.4, -0.2) is 36.5 Å². The fourth-order valence-electron chi connectivity index (χ4n) is 5.11. The first-order valence-corrected chi connectivity index (χ1v) is 14.3. The minimum absolute atomic E-state index is 0.109. The molecule has 0 radical (unpaired) electrons. The van der Waals surface area contributed by atoms with Crippen molar-refractivity contribution in [3.05, 3.63) is 114 Å². The summed E-state index contributed by atoms with van der Waals surface area (Å²) in [7, 11) is 2.78. The number of benzene rings is 4. The summed E-state index contributed by atoms with van der Waals surface area (Å²) >= 11 is 0. The van der Waals surface area contributed by atoms with E-state index in [0.717, 1.165) is 33.3 Å². The molecule has 224 valence electrons. The highest BCUT2D eigenvalue weighted by Crippen LogP contribution is 2.46. The summed E-state index contributed by atoms with van der Waals surface area (Å²) < 4.78 is 33.2. The number of aliphatic hydroxyl groups excluding tert-OH is 1. The number of nitrogens with zero attached hydrogens (tertiary/aromatic N) is 1. The van der Waals surface area contributed by atoms with Gasteiger partial charge in [-0.1, -0.05) is 76.2 Å². The second kappa shape index (κ2) is 13.6. The lowest BCUT2D eigenvalue weighted by Gasteiger charge is -2.27. The van der Waals surface area contributed by atoms with Crippen molar-refractivity contribution in [3.63, 3.8) is 0 Å². The zero-order chi connectivity index (χ0) is 31.1. The monoisotopic (exact) mass is 583 g/mol. The third-order valence-corrected chi connectivity index (χ3v) is 7.22. The van der Waals surface area contributed by atoms with E-state index in [1.165, 1.54) is 20.3 Å². The van der Waals surface area contributed by atoms with Gasteiger partial charge in [0, 0.05) is 28.4 Å². The number of methoxy groups -OCH3 is 2. The quantitative estimate of drug-likeness (QED) is 0.178. The molecule has 5 rings (SSSR count). The van der Waals surface area contributed by atoms with E-state index >= 15 is 0 Å².